The van der Waals surface area contributed by atoms with Crippen molar-refractivity contribution in [3.8, 4) is 0 Å². The number of carbonyl (C=O) groups is 4. The zero-order valence-electron chi connectivity index (χ0n) is 10.7. The van der Waals surface area contributed by atoms with Gasteiger partial charge in [0.25, 0.3) is 11.8 Å². The standard InChI is InChI=1S/C11H16N2O7/c14-6-7(15)5-12-8(16)1-4-11(19)20-13-9(17)2-3-10(13)18/h7,14-15H,1-6H2,(H,12,16)/t7-/m1/s1. The molecule has 1 heterocycles. The highest BCUT2D eigenvalue weighted by Gasteiger charge is 2.32. The maximum atomic E-state index is 11.4. The van der Waals surface area contributed by atoms with Gasteiger partial charge in [0.15, 0.2) is 0 Å². The monoisotopic (exact) mass is 288 g/mol. The minimum Gasteiger partial charge on any atom is -0.394 e. The minimum atomic E-state index is -1.06. The van der Waals surface area contributed by atoms with Gasteiger partial charge in [-0.25, -0.2) is 4.79 Å². The van der Waals surface area contributed by atoms with Gasteiger partial charge in [0.1, 0.15) is 0 Å². The van der Waals surface area contributed by atoms with Gasteiger partial charge in [-0.1, -0.05) is 0 Å². The largest absolute Gasteiger partial charge is 0.394 e. The number of aliphatic hydroxyl groups excluding tert-OH is 2. The number of hydrogen-bond donors (Lipinski definition) is 3. The molecule has 0 radical (unpaired) electrons. The lowest BCUT2D eigenvalue weighted by Gasteiger charge is -2.12. The van der Waals surface area contributed by atoms with Crippen molar-refractivity contribution in [2.75, 3.05) is 13.2 Å². The number of nitrogens with one attached hydrogen (secondary N) is 1. The lowest BCUT2D eigenvalue weighted by atomic mass is 10.3. The van der Waals surface area contributed by atoms with Gasteiger partial charge in [0.2, 0.25) is 5.91 Å². The molecule has 0 aromatic carbocycles. The molecule has 112 valence electrons. The number of hydroxylamine groups is 2. The molecule has 1 aliphatic rings. The van der Waals surface area contributed by atoms with Crippen LogP contribution in [0.15, 0.2) is 0 Å². The fourth-order valence-electron chi connectivity index (χ4n) is 1.41. The van der Waals surface area contributed by atoms with Crippen LogP contribution in [0.2, 0.25) is 0 Å². The second kappa shape index (κ2) is 7.56. The Kier molecular flexibility index (Phi) is 6.07. The molecule has 9 nitrogen and oxygen atoms in total. The summed E-state index contributed by atoms with van der Waals surface area (Å²) in [4.78, 5) is 49.5. The van der Waals surface area contributed by atoms with E-state index in [1.54, 1.807) is 0 Å². The summed E-state index contributed by atoms with van der Waals surface area (Å²) in [5.41, 5.74) is 0. The lowest BCUT2D eigenvalue weighted by Crippen LogP contribution is -2.35. The maximum absolute atomic E-state index is 11.4. The highest BCUT2D eigenvalue weighted by molar-refractivity contribution is 6.01. The summed E-state index contributed by atoms with van der Waals surface area (Å²) in [6.45, 7) is -0.616. The average Bonchev–Trinajstić information content (AvgIpc) is 2.74. The minimum absolute atomic E-state index is 0.00560. The van der Waals surface area contributed by atoms with Crippen LogP contribution in [0.5, 0.6) is 0 Å². The third-order valence-electron chi connectivity index (χ3n) is 2.50. The van der Waals surface area contributed by atoms with Crippen molar-refractivity contribution in [2.45, 2.75) is 31.8 Å². The van der Waals surface area contributed by atoms with Gasteiger partial charge < -0.3 is 20.4 Å². The van der Waals surface area contributed by atoms with E-state index in [2.05, 4.69) is 10.2 Å². The van der Waals surface area contributed by atoms with E-state index in [-0.39, 0.29) is 32.2 Å². The molecule has 3 amide bonds. The molecule has 0 aliphatic carbocycles. The van der Waals surface area contributed by atoms with Gasteiger partial charge in [-0.3, -0.25) is 14.4 Å². The molecule has 0 spiro atoms. The molecule has 0 bridgehead atoms. The molecule has 0 unspecified atom stereocenters. The molecule has 0 aromatic rings. The summed E-state index contributed by atoms with van der Waals surface area (Å²) < 4.78 is 0. The van der Waals surface area contributed by atoms with Crippen molar-refractivity contribution in [1.29, 1.82) is 0 Å². The summed E-state index contributed by atoms with van der Waals surface area (Å²) in [5, 5.41) is 20.2. The Hall–Kier alpha value is -2.00. The van der Waals surface area contributed by atoms with Crippen LogP contribution in [0, 0.1) is 0 Å². The van der Waals surface area contributed by atoms with E-state index in [0.717, 1.165) is 0 Å². The molecule has 20 heavy (non-hydrogen) atoms. The fraction of sp³-hybridized carbons (Fsp3) is 0.636. The van der Waals surface area contributed by atoms with Crippen molar-refractivity contribution < 1.29 is 34.2 Å². The van der Waals surface area contributed by atoms with E-state index in [0.29, 0.717) is 5.06 Å². The predicted molar refractivity (Wildman–Crippen MR) is 62.5 cm³/mol. The summed E-state index contributed by atoms with van der Waals surface area (Å²) in [6.07, 6.45) is -1.58. The molecule has 3 N–H and O–H groups in total. The lowest BCUT2D eigenvalue weighted by molar-refractivity contribution is -0.197. The maximum Gasteiger partial charge on any atom is 0.333 e. The first-order valence-electron chi connectivity index (χ1n) is 6.06. The van der Waals surface area contributed by atoms with E-state index in [1.807, 2.05) is 0 Å². The third kappa shape index (κ3) is 4.94. The Balaban J connectivity index is 2.24. The molecule has 9 heteroatoms. The molecule has 0 aromatic heterocycles. The third-order valence-corrected chi connectivity index (χ3v) is 2.50. The molecule has 1 rings (SSSR count). The average molecular weight is 288 g/mol. The van der Waals surface area contributed by atoms with E-state index in [9.17, 15) is 19.2 Å². The molecule has 0 saturated carbocycles. The molecule has 1 atom stereocenters. The van der Waals surface area contributed by atoms with Crippen molar-refractivity contribution in [3.63, 3.8) is 0 Å². The van der Waals surface area contributed by atoms with E-state index in [1.165, 1.54) is 0 Å². The normalized spacial score (nSPS) is 16.2. The number of nitrogens with zero attached hydrogens (tertiary/aromatic N) is 1. The highest BCUT2D eigenvalue weighted by atomic mass is 16.7. The molecule has 1 saturated heterocycles. The van der Waals surface area contributed by atoms with E-state index < -0.39 is 36.4 Å². The van der Waals surface area contributed by atoms with Gasteiger partial charge in [0, 0.05) is 25.8 Å². The summed E-state index contributed by atoms with van der Waals surface area (Å²) in [7, 11) is 0. The second-order valence-corrected chi connectivity index (χ2v) is 4.19. The number of hydrogen-bond acceptors (Lipinski definition) is 7. The smallest absolute Gasteiger partial charge is 0.333 e. The Morgan fingerprint density at radius 1 is 1.25 bits per heavy atom. The first-order valence-corrected chi connectivity index (χ1v) is 6.06. The number of amides is 3. The quantitative estimate of drug-likeness (QED) is 0.454. The molecule has 1 fully saturated rings. The summed E-state index contributed by atoms with van der Waals surface area (Å²) in [6, 6.07) is 0. The summed E-state index contributed by atoms with van der Waals surface area (Å²) >= 11 is 0. The predicted octanol–water partition coefficient (Wildman–Crippen LogP) is -2.16. The SMILES string of the molecule is O=C(CCC(=O)ON1C(=O)CCC1=O)NC[C@@H](O)CO. The van der Waals surface area contributed by atoms with Gasteiger partial charge in [-0.05, 0) is 0 Å². The van der Waals surface area contributed by atoms with Crippen LogP contribution in [-0.2, 0) is 24.0 Å². The Labute approximate surface area is 114 Å². The zero-order chi connectivity index (χ0) is 15.1. The Bertz CT molecular complexity index is 394. The van der Waals surface area contributed by atoms with Crippen molar-refractivity contribution in [1.82, 2.24) is 10.4 Å². The number of aliphatic hydroxyl groups is 2. The number of rotatable bonds is 7. The zero-order valence-corrected chi connectivity index (χ0v) is 10.7. The number of imide groups is 1. The van der Waals surface area contributed by atoms with Gasteiger partial charge in [-0.2, -0.15) is 0 Å². The molecular formula is C11H16N2O7. The Morgan fingerprint density at radius 2 is 1.85 bits per heavy atom. The fourth-order valence-corrected chi connectivity index (χ4v) is 1.41. The van der Waals surface area contributed by atoms with Crippen molar-refractivity contribution in [2.24, 2.45) is 0 Å². The van der Waals surface area contributed by atoms with Gasteiger partial charge in [-0.15, -0.1) is 5.06 Å². The topological polar surface area (TPSA) is 133 Å². The van der Waals surface area contributed by atoms with Crippen LogP contribution in [-0.4, -0.2) is 58.2 Å². The van der Waals surface area contributed by atoms with Crippen molar-refractivity contribution >= 4 is 23.7 Å². The second-order valence-electron chi connectivity index (χ2n) is 4.19. The van der Waals surface area contributed by atoms with Gasteiger partial charge >= 0.3 is 5.97 Å². The Morgan fingerprint density at radius 3 is 2.40 bits per heavy atom. The van der Waals surface area contributed by atoms with Crippen LogP contribution < -0.4 is 5.32 Å². The van der Waals surface area contributed by atoms with Crippen LogP contribution >= 0.6 is 0 Å². The van der Waals surface area contributed by atoms with Crippen LogP contribution in [0.4, 0.5) is 0 Å². The van der Waals surface area contributed by atoms with Crippen LogP contribution in [0.25, 0.3) is 0 Å². The molecule has 1 aliphatic heterocycles. The van der Waals surface area contributed by atoms with E-state index in [4.69, 9.17) is 10.2 Å². The molecular weight excluding hydrogens is 272 g/mol. The van der Waals surface area contributed by atoms with Crippen molar-refractivity contribution in [3.05, 3.63) is 0 Å². The van der Waals surface area contributed by atoms with Crippen LogP contribution in [0.3, 0.4) is 0 Å². The highest BCUT2D eigenvalue weighted by Crippen LogP contribution is 2.12. The summed E-state index contributed by atoms with van der Waals surface area (Å²) in [5.74, 6) is -2.56. The van der Waals surface area contributed by atoms with Crippen LogP contribution in [0.1, 0.15) is 25.7 Å². The number of carbonyl (C=O) groups excluding carboxylic acids is 4. The van der Waals surface area contributed by atoms with E-state index >= 15 is 0 Å². The first kappa shape index (κ1) is 16.1. The van der Waals surface area contributed by atoms with Gasteiger partial charge in [0.05, 0.1) is 19.1 Å². The first-order chi connectivity index (χ1) is 9.43.